The van der Waals surface area contributed by atoms with Crippen molar-refractivity contribution in [2.45, 2.75) is 13.3 Å². The van der Waals surface area contributed by atoms with Gasteiger partial charge in [0.05, 0.1) is 6.33 Å². The molecule has 0 saturated carbocycles. The zero-order valence-electron chi connectivity index (χ0n) is 13.0. The van der Waals surface area contributed by atoms with E-state index in [1.807, 2.05) is 53.2 Å². The van der Waals surface area contributed by atoms with Gasteiger partial charge in [-0.3, -0.25) is 4.79 Å². The molecule has 0 fully saturated rings. The molecule has 0 N–H and O–H groups in total. The average Bonchev–Trinajstić information content (AvgIpc) is 3.15. The third kappa shape index (κ3) is 3.64. The van der Waals surface area contributed by atoms with Crippen LogP contribution in [0.15, 0.2) is 73.3 Å². The van der Waals surface area contributed by atoms with Crippen LogP contribution in [0.5, 0.6) is 0 Å². The summed E-state index contributed by atoms with van der Waals surface area (Å²) in [6, 6.07) is 15.7. The van der Waals surface area contributed by atoms with Gasteiger partial charge in [0, 0.05) is 23.6 Å². The molecule has 3 heteroatoms. The second kappa shape index (κ2) is 6.88. The molecular formula is C20H18N2O. The second-order valence-electron chi connectivity index (χ2n) is 5.31. The zero-order chi connectivity index (χ0) is 16.1. The van der Waals surface area contributed by atoms with E-state index in [-0.39, 0.29) is 5.78 Å². The monoisotopic (exact) mass is 302 g/mol. The maximum Gasteiger partial charge on any atom is 0.185 e. The number of benzene rings is 2. The van der Waals surface area contributed by atoms with Crippen molar-refractivity contribution in [1.29, 1.82) is 0 Å². The molecule has 114 valence electrons. The number of allylic oxidation sites excluding steroid dienone is 1. The molecule has 2 aromatic carbocycles. The topological polar surface area (TPSA) is 34.9 Å². The molecule has 23 heavy (non-hydrogen) atoms. The van der Waals surface area contributed by atoms with Crippen LogP contribution >= 0.6 is 0 Å². The average molecular weight is 302 g/mol. The number of rotatable bonds is 5. The van der Waals surface area contributed by atoms with Gasteiger partial charge in [0.2, 0.25) is 0 Å². The van der Waals surface area contributed by atoms with Crippen molar-refractivity contribution in [3.8, 4) is 5.69 Å². The number of nitrogens with zero attached hydrogens (tertiary/aromatic N) is 2. The minimum Gasteiger partial charge on any atom is -0.306 e. The van der Waals surface area contributed by atoms with Gasteiger partial charge in [-0.25, -0.2) is 4.98 Å². The summed E-state index contributed by atoms with van der Waals surface area (Å²) < 4.78 is 1.90. The first-order chi connectivity index (χ1) is 11.3. The van der Waals surface area contributed by atoms with Crippen molar-refractivity contribution < 1.29 is 4.79 Å². The van der Waals surface area contributed by atoms with Gasteiger partial charge >= 0.3 is 0 Å². The van der Waals surface area contributed by atoms with Gasteiger partial charge in [0.1, 0.15) is 0 Å². The van der Waals surface area contributed by atoms with Crippen LogP contribution in [0.2, 0.25) is 0 Å². The maximum absolute atomic E-state index is 12.2. The number of carbonyl (C=O) groups excluding carboxylic acids is 1. The van der Waals surface area contributed by atoms with Crippen LogP contribution in [0, 0.1) is 0 Å². The normalized spacial score (nSPS) is 11.0. The van der Waals surface area contributed by atoms with E-state index in [4.69, 9.17) is 0 Å². The molecule has 0 aliphatic rings. The Bertz CT molecular complexity index is 798. The van der Waals surface area contributed by atoms with Crippen LogP contribution in [-0.2, 0) is 6.42 Å². The molecule has 0 saturated heterocycles. The molecule has 3 aromatic rings. The van der Waals surface area contributed by atoms with E-state index in [0.717, 1.165) is 17.7 Å². The number of hydrogen-bond donors (Lipinski definition) is 0. The van der Waals surface area contributed by atoms with Gasteiger partial charge in [-0.1, -0.05) is 37.3 Å². The molecule has 3 rings (SSSR count). The van der Waals surface area contributed by atoms with E-state index in [9.17, 15) is 4.79 Å². The van der Waals surface area contributed by atoms with Crippen LogP contribution in [-0.4, -0.2) is 15.3 Å². The first-order valence-electron chi connectivity index (χ1n) is 7.66. The summed E-state index contributed by atoms with van der Waals surface area (Å²) in [6.45, 7) is 2.13. The largest absolute Gasteiger partial charge is 0.306 e. The Labute approximate surface area is 135 Å². The van der Waals surface area contributed by atoms with Crippen molar-refractivity contribution in [3.63, 3.8) is 0 Å². The van der Waals surface area contributed by atoms with E-state index in [1.165, 1.54) is 5.56 Å². The van der Waals surface area contributed by atoms with Crippen LogP contribution < -0.4 is 0 Å². The highest BCUT2D eigenvalue weighted by Gasteiger charge is 2.02. The molecular weight excluding hydrogens is 284 g/mol. The molecule has 3 nitrogen and oxygen atoms in total. The van der Waals surface area contributed by atoms with E-state index >= 15 is 0 Å². The molecule has 0 aliphatic heterocycles. The molecule has 0 bridgehead atoms. The van der Waals surface area contributed by atoms with E-state index in [2.05, 4.69) is 24.0 Å². The summed E-state index contributed by atoms with van der Waals surface area (Å²) in [5.74, 6) is 0.00162. The molecule has 0 atom stereocenters. The van der Waals surface area contributed by atoms with Gasteiger partial charge in [-0.15, -0.1) is 0 Å². The fourth-order valence-electron chi connectivity index (χ4n) is 2.34. The smallest absolute Gasteiger partial charge is 0.185 e. The third-order valence-corrected chi connectivity index (χ3v) is 3.77. The molecule has 0 unspecified atom stereocenters. The van der Waals surface area contributed by atoms with E-state index in [0.29, 0.717) is 5.56 Å². The summed E-state index contributed by atoms with van der Waals surface area (Å²) >= 11 is 0. The molecule has 0 spiro atoms. The first kappa shape index (κ1) is 15.0. The summed E-state index contributed by atoms with van der Waals surface area (Å²) in [6.07, 6.45) is 9.82. The summed E-state index contributed by atoms with van der Waals surface area (Å²) in [7, 11) is 0. The maximum atomic E-state index is 12.2. The van der Waals surface area contributed by atoms with E-state index in [1.54, 1.807) is 18.6 Å². The Balaban J connectivity index is 1.71. The minimum absolute atomic E-state index is 0.00162. The fourth-order valence-corrected chi connectivity index (χ4v) is 2.34. The first-order valence-corrected chi connectivity index (χ1v) is 7.66. The highest BCUT2D eigenvalue weighted by atomic mass is 16.1. The highest BCUT2D eigenvalue weighted by molar-refractivity contribution is 6.06. The Morgan fingerprint density at radius 2 is 1.83 bits per heavy atom. The Kier molecular flexibility index (Phi) is 4.48. The van der Waals surface area contributed by atoms with Gasteiger partial charge < -0.3 is 4.57 Å². The van der Waals surface area contributed by atoms with Gasteiger partial charge in [-0.05, 0) is 47.9 Å². The molecule has 1 heterocycles. The minimum atomic E-state index is 0.00162. The van der Waals surface area contributed by atoms with Gasteiger partial charge in [0.15, 0.2) is 5.78 Å². The molecule has 0 radical (unpaired) electrons. The summed E-state index contributed by atoms with van der Waals surface area (Å²) in [5.41, 5.74) is 3.99. The van der Waals surface area contributed by atoms with Crippen molar-refractivity contribution in [2.75, 3.05) is 0 Å². The number of carbonyl (C=O) groups is 1. The summed E-state index contributed by atoms with van der Waals surface area (Å²) in [4.78, 5) is 16.2. The fraction of sp³-hybridized carbons (Fsp3) is 0.100. The quantitative estimate of drug-likeness (QED) is 0.519. The Morgan fingerprint density at radius 3 is 2.43 bits per heavy atom. The van der Waals surface area contributed by atoms with Gasteiger partial charge in [0.25, 0.3) is 0 Å². The number of imidazole rings is 1. The molecule has 1 aromatic heterocycles. The standard InChI is InChI=1S/C20H18N2O/c1-2-16-3-5-17(6-4-16)7-12-20(23)18-8-10-19(11-9-18)22-14-13-21-15-22/h3-15H,2H2,1H3/b12-7+. The van der Waals surface area contributed by atoms with E-state index < -0.39 is 0 Å². The number of hydrogen-bond acceptors (Lipinski definition) is 2. The lowest BCUT2D eigenvalue weighted by molar-refractivity contribution is 0.104. The Morgan fingerprint density at radius 1 is 1.09 bits per heavy atom. The predicted molar refractivity (Wildman–Crippen MR) is 92.7 cm³/mol. The highest BCUT2D eigenvalue weighted by Crippen LogP contribution is 2.12. The molecule has 0 amide bonds. The number of ketones is 1. The van der Waals surface area contributed by atoms with Crippen LogP contribution in [0.1, 0.15) is 28.4 Å². The van der Waals surface area contributed by atoms with Crippen molar-refractivity contribution in [3.05, 3.63) is 90.0 Å². The van der Waals surface area contributed by atoms with Crippen LogP contribution in [0.25, 0.3) is 11.8 Å². The van der Waals surface area contributed by atoms with Crippen molar-refractivity contribution in [2.24, 2.45) is 0 Å². The van der Waals surface area contributed by atoms with Gasteiger partial charge in [-0.2, -0.15) is 0 Å². The Hall–Kier alpha value is -2.94. The molecule has 0 aliphatic carbocycles. The van der Waals surface area contributed by atoms with Crippen molar-refractivity contribution >= 4 is 11.9 Å². The number of aromatic nitrogens is 2. The predicted octanol–water partition coefficient (Wildman–Crippen LogP) is 4.33. The van der Waals surface area contributed by atoms with Crippen LogP contribution in [0.3, 0.4) is 0 Å². The lowest BCUT2D eigenvalue weighted by Crippen LogP contribution is -1.96. The third-order valence-electron chi connectivity index (χ3n) is 3.77. The van der Waals surface area contributed by atoms with Crippen LogP contribution in [0.4, 0.5) is 0 Å². The van der Waals surface area contributed by atoms with Crippen molar-refractivity contribution in [1.82, 2.24) is 9.55 Å². The lowest BCUT2D eigenvalue weighted by atomic mass is 10.1. The number of aryl methyl sites for hydroxylation is 1. The zero-order valence-corrected chi connectivity index (χ0v) is 13.0. The lowest BCUT2D eigenvalue weighted by Gasteiger charge is -2.02. The second-order valence-corrected chi connectivity index (χ2v) is 5.31. The SMILES string of the molecule is CCc1ccc(/C=C/C(=O)c2ccc(-n3ccnc3)cc2)cc1. The summed E-state index contributed by atoms with van der Waals surface area (Å²) in [5, 5.41) is 0.